The molecule has 6 heteroatoms. The Morgan fingerprint density at radius 2 is 1.71 bits per heavy atom. The molecule has 1 aliphatic carbocycles. The van der Waals surface area contributed by atoms with Gasteiger partial charge in [0.2, 0.25) is 5.91 Å². The Morgan fingerprint density at radius 3 is 2.29 bits per heavy atom. The summed E-state index contributed by atoms with van der Waals surface area (Å²) in [5.74, 6) is -0.329. The van der Waals surface area contributed by atoms with Gasteiger partial charge in [-0.3, -0.25) is 14.5 Å². The number of aromatic nitrogens is 1. The Bertz CT molecular complexity index is 1120. The molecule has 5 nitrogen and oxygen atoms in total. The van der Waals surface area contributed by atoms with Crippen LogP contribution in [-0.4, -0.2) is 22.8 Å². The van der Waals surface area contributed by atoms with Crippen molar-refractivity contribution in [3.05, 3.63) is 81.3 Å². The van der Waals surface area contributed by atoms with E-state index >= 15 is 0 Å². The lowest BCUT2D eigenvalue weighted by atomic mass is 9.94. The maximum Gasteiger partial charge on any atom is 0.271 e. The summed E-state index contributed by atoms with van der Waals surface area (Å²) in [7, 11) is 0. The maximum atomic E-state index is 14.1. The maximum absolute atomic E-state index is 14.1. The largest absolute Gasteiger partial charge is 0.351 e. The third kappa shape index (κ3) is 5.39. The third-order valence-corrected chi connectivity index (χ3v) is 7.57. The Labute approximate surface area is 206 Å². The highest BCUT2D eigenvalue weighted by atomic mass is 32.1. The number of thiazole rings is 1. The van der Waals surface area contributed by atoms with Gasteiger partial charge in [0.15, 0.2) is 0 Å². The van der Waals surface area contributed by atoms with Crippen molar-refractivity contribution in [2.24, 2.45) is 0 Å². The van der Waals surface area contributed by atoms with Gasteiger partial charge < -0.3 is 5.32 Å². The van der Waals surface area contributed by atoms with Crippen LogP contribution in [0.2, 0.25) is 0 Å². The number of benzene rings is 2. The van der Waals surface area contributed by atoms with Crippen LogP contribution < -0.4 is 10.2 Å². The molecular formula is C28H33N3O2S. The van der Waals surface area contributed by atoms with E-state index in [0.717, 1.165) is 42.7 Å². The summed E-state index contributed by atoms with van der Waals surface area (Å²) in [6, 6.07) is 17.0. The second-order valence-corrected chi connectivity index (χ2v) is 10.2. The van der Waals surface area contributed by atoms with Crippen LogP contribution in [0.25, 0.3) is 0 Å². The predicted octanol–water partition coefficient (Wildman–Crippen LogP) is 6.16. The second-order valence-electron chi connectivity index (χ2n) is 9.00. The Balaban J connectivity index is 1.80. The molecule has 0 saturated heterocycles. The zero-order chi connectivity index (χ0) is 24.1. The third-order valence-electron chi connectivity index (χ3n) is 6.51. The van der Waals surface area contributed by atoms with Crippen molar-refractivity contribution in [3.8, 4) is 0 Å². The number of aryl methyl sites for hydroxylation is 3. The molecule has 0 bridgehead atoms. The van der Waals surface area contributed by atoms with Crippen LogP contribution in [0.1, 0.15) is 76.6 Å². The molecular weight excluding hydrogens is 442 g/mol. The summed E-state index contributed by atoms with van der Waals surface area (Å²) in [6.45, 7) is 5.86. The first kappa shape index (κ1) is 24.1. The molecule has 1 N–H and O–H groups in total. The zero-order valence-electron chi connectivity index (χ0n) is 20.2. The predicted molar refractivity (Wildman–Crippen MR) is 138 cm³/mol. The summed E-state index contributed by atoms with van der Waals surface area (Å²) in [5.41, 5.74) is 3.38. The number of rotatable bonds is 7. The molecule has 0 spiro atoms. The van der Waals surface area contributed by atoms with Crippen molar-refractivity contribution in [3.63, 3.8) is 0 Å². The van der Waals surface area contributed by atoms with E-state index in [9.17, 15) is 9.59 Å². The number of carbonyl (C=O) groups excluding carboxylic acids is 2. The van der Waals surface area contributed by atoms with Crippen molar-refractivity contribution in [1.82, 2.24) is 10.3 Å². The van der Waals surface area contributed by atoms with E-state index in [1.54, 1.807) is 4.90 Å². The zero-order valence-corrected chi connectivity index (χ0v) is 21.0. The van der Waals surface area contributed by atoms with Crippen molar-refractivity contribution < 1.29 is 9.59 Å². The normalized spacial score (nSPS) is 15.0. The lowest BCUT2D eigenvalue weighted by Gasteiger charge is -2.33. The van der Waals surface area contributed by atoms with Crippen LogP contribution in [-0.2, 0) is 11.2 Å². The van der Waals surface area contributed by atoms with Gasteiger partial charge in [0.25, 0.3) is 5.91 Å². The Morgan fingerprint density at radius 1 is 1.03 bits per heavy atom. The molecule has 1 atom stereocenters. The van der Waals surface area contributed by atoms with Gasteiger partial charge in [-0.25, -0.2) is 4.98 Å². The highest BCUT2D eigenvalue weighted by Gasteiger charge is 2.35. The number of nitrogens with zero attached hydrogens (tertiary/aromatic N) is 2. The SMILES string of the molecule is CCc1ccc(N(C(=O)c2sc(C)nc2C)[C@@H](C(=O)NC2CCCCC2)c2ccccc2)cc1. The fourth-order valence-corrected chi connectivity index (χ4v) is 5.55. The van der Waals surface area contributed by atoms with Crippen molar-refractivity contribution >= 4 is 28.8 Å². The van der Waals surface area contributed by atoms with Crippen LogP contribution in [0.15, 0.2) is 54.6 Å². The van der Waals surface area contributed by atoms with Gasteiger partial charge in [0, 0.05) is 11.7 Å². The fourth-order valence-electron chi connectivity index (χ4n) is 4.70. The first-order valence-electron chi connectivity index (χ1n) is 12.2. The molecule has 178 valence electrons. The number of anilines is 1. The monoisotopic (exact) mass is 475 g/mol. The number of hydrogen-bond acceptors (Lipinski definition) is 4. The van der Waals surface area contributed by atoms with Gasteiger partial charge in [0.05, 0.1) is 10.7 Å². The van der Waals surface area contributed by atoms with E-state index < -0.39 is 6.04 Å². The molecule has 3 aromatic rings. The number of hydrogen-bond donors (Lipinski definition) is 1. The highest BCUT2D eigenvalue weighted by molar-refractivity contribution is 7.13. The first-order valence-corrected chi connectivity index (χ1v) is 13.0. The minimum Gasteiger partial charge on any atom is -0.351 e. The van der Waals surface area contributed by atoms with E-state index in [2.05, 4.69) is 17.2 Å². The van der Waals surface area contributed by atoms with Crippen molar-refractivity contribution in [2.75, 3.05) is 4.90 Å². The van der Waals surface area contributed by atoms with Gasteiger partial charge in [-0.05, 0) is 56.4 Å². The van der Waals surface area contributed by atoms with Gasteiger partial charge in [-0.15, -0.1) is 11.3 Å². The standard InChI is InChI=1S/C28H33N3O2S/c1-4-21-15-17-24(18-16-21)31(28(33)26-19(2)29-20(3)34-26)25(22-11-7-5-8-12-22)27(32)30-23-13-9-6-10-14-23/h5,7-8,11-12,15-18,23,25H,4,6,9-10,13-14H2,1-3H3,(H,30,32)/t25-/m1/s1. The highest BCUT2D eigenvalue weighted by Crippen LogP contribution is 2.33. The molecule has 2 amide bonds. The molecule has 1 fully saturated rings. The molecule has 1 saturated carbocycles. The van der Waals surface area contributed by atoms with E-state index in [1.807, 2.05) is 68.4 Å². The van der Waals surface area contributed by atoms with E-state index in [4.69, 9.17) is 0 Å². The summed E-state index contributed by atoms with van der Waals surface area (Å²) in [5, 5.41) is 4.11. The van der Waals surface area contributed by atoms with E-state index in [1.165, 1.54) is 23.3 Å². The molecule has 0 radical (unpaired) electrons. The van der Waals surface area contributed by atoms with Gasteiger partial charge in [0.1, 0.15) is 10.9 Å². The van der Waals surface area contributed by atoms with Crippen LogP contribution in [0, 0.1) is 13.8 Å². The topological polar surface area (TPSA) is 62.3 Å². The minimum absolute atomic E-state index is 0.134. The molecule has 0 unspecified atom stereocenters. The van der Waals surface area contributed by atoms with Crippen molar-refractivity contribution in [1.29, 1.82) is 0 Å². The van der Waals surface area contributed by atoms with E-state index in [-0.39, 0.29) is 17.9 Å². The Kier molecular flexibility index (Phi) is 7.78. The van der Waals surface area contributed by atoms with Crippen LogP contribution in [0.3, 0.4) is 0 Å². The molecule has 0 aliphatic heterocycles. The summed E-state index contributed by atoms with van der Waals surface area (Å²) >= 11 is 1.38. The smallest absolute Gasteiger partial charge is 0.271 e. The average molecular weight is 476 g/mol. The molecule has 1 heterocycles. The van der Waals surface area contributed by atoms with Gasteiger partial charge >= 0.3 is 0 Å². The summed E-state index contributed by atoms with van der Waals surface area (Å²) in [6.07, 6.45) is 6.35. The minimum atomic E-state index is -0.773. The van der Waals surface area contributed by atoms with Crippen molar-refractivity contribution in [2.45, 2.75) is 71.4 Å². The molecule has 2 aromatic carbocycles. The quantitative estimate of drug-likeness (QED) is 0.445. The molecule has 4 rings (SSSR count). The second kappa shape index (κ2) is 11.0. The number of nitrogens with one attached hydrogen (secondary N) is 1. The van der Waals surface area contributed by atoms with Crippen LogP contribution in [0.4, 0.5) is 5.69 Å². The number of amides is 2. The molecule has 1 aromatic heterocycles. The lowest BCUT2D eigenvalue weighted by Crippen LogP contribution is -2.47. The molecule has 34 heavy (non-hydrogen) atoms. The number of carbonyl (C=O) groups is 2. The van der Waals surface area contributed by atoms with Gasteiger partial charge in [-0.1, -0.05) is 68.7 Å². The van der Waals surface area contributed by atoms with E-state index in [0.29, 0.717) is 16.3 Å². The average Bonchev–Trinajstić information content (AvgIpc) is 3.21. The summed E-state index contributed by atoms with van der Waals surface area (Å²) < 4.78 is 0. The first-order chi connectivity index (χ1) is 16.5. The summed E-state index contributed by atoms with van der Waals surface area (Å²) in [4.78, 5) is 34.6. The lowest BCUT2D eigenvalue weighted by molar-refractivity contribution is -0.123. The van der Waals surface area contributed by atoms with Crippen LogP contribution in [0.5, 0.6) is 0 Å². The molecule has 1 aliphatic rings. The fraction of sp³-hybridized carbons (Fsp3) is 0.393. The Hall–Kier alpha value is -2.99. The van der Waals surface area contributed by atoms with Gasteiger partial charge in [-0.2, -0.15) is 0 Å². The van der Waals surface area contributed by atoms with Crippen LogP contribution >= 0.6 is 11.3 Å².